The third kappa shape index (κ3) is 5.18. The number of rotatable bonds is 7. The highest BCUT2D eigenvalue weighted by Gasteiger charge is 2.25. The maximum absolute atomic E-state index is 9.86. The van der Waals surface area contributed by atoms with Crippen LogP contribution in [0.15, 0.2) is 35.6 Å². The van der Waals surface area contributed by atoms with Crippen LogP contribution in [0.3, 0.4) is 0 Å². The Hall–Kier alpha value is -2.70. The van der Waals surface area contributed by atoms with Crippen molar-refractivity contribution in [2.75, 3.05) is 26.2 Å². The molecule has 1 unspecified atom stereocenters. The molecule has 3 rings (SSSR count). The Balaban J connectivity index is 1.63. The second-order valence-corrected chi connectivity index (χ2v) is 7.23. The van der Waals surface area contributed by atoms with Crippen LogP contribution in [0.25, 0.3) is 0 Å². The van der Waals surface area contributed by atoms with Crippen molar-refractivity contribution >= 4 is 5.96 Å². The van der Waals surface area contributed by atoms with Crippen LogP contribution in [0, 0.1) is 5.92 Å². The Kier molecular flexibility index (Phi) is 6.79. The molecule has 1 aliphatic rings. The normalized spacial score (nSPS) is 17.2. The fourth-order valence-corrected chi connectivity index (χ4v) is 3.62. The van der Waals surface area contributed by atoms with Gasteiger partial charge in [0.1, 0.15) is 0 Å². The summed E-state index contributed by atoms with van der Waals surface area (Å²) in [5.74, 6) is 2.24. The van der Waals surface area contributed by atoms with E-state index in [1.54, 1.807) is 6.07 Å². The number of hydrogen-bond acceptors (Lipinski definition) is 4. The topological polar surface area (TPSA) is 74.9 Å². The smallest absolute Gasteiger partial charge is 0.194 e. The number of aliphatic imine (C=N–C) groups is 1. The van der Waals surface area contributed by atoms with Gasteiger partial charge in [0.05, 0.1) is 19.3 Å². The van der Waals surface area contributed by atoms with Crippen molar-refractivity contribution < 1.29 is 9.84 Å². The van der Waals surface area contributed by atoms with Gasteiger partial charge >= 0.3 is 0 Å². The Morgan fingerprint density at radius 1 is 1.36 bits per heavy atom. The number of aromatic nitrogens is 2. The largest absolute Gasteiger partial charge is 0.504 e. The van der Waals surface area contributed by atoms with Crippen LogP contribution in [0.1, 0.15) is 31.4 Å². The van der Waals surface area contributed by atoms with Crippen LogP contribution in [-0.2, 0) is 20.0 Å². The minimum Gasteiger partial charge on any atom is -0.504 e. The molecule has 0 saturated carbocycles. The van der Waals surface area contributed by atoms with Gasteiger partial charge in [-0.25, -0.2) is 4.99 Å². The zero-order valence-electron chi connectivity index (χ0n) is 17.1. The molecule has 1 aromatic heterocycles. The lowest BCUT2D eigenvalue weighted by atomic mass is 10.0. The molecule has 2 heterocycles. The van der Waals surface area contributed by atoms with Crippen molar-refractivity contribution in [2.45, 2.75) is 33.2 Å². The van der Waals surface area contributed by atoms with Gasteiger partial charge in [-0.3, -0.25) is 4.68 Å². The lowest BCUT2D eigenvalue weighted by molar-refractivity contribution is 0.318. The minimum absolute atomic E-state index is 0.166. The highest BCUT2D eigenvalue weighted by Crippen LogP contribution is 2.27. The Bertz CT molecular complexity index is 802. The Morgan fingerprint density at radius 3 is 2.93 bits per heavy atom. The number of aromatic hydroxyl groups is 1. The molecule has 1 atom stereocenters. The van der Waals surface area contributed by atoms with E-state index >= 15 is 0 Å². The van der Waals surface area contributed by atoms with E-state index in [0.29, 0.717) is 24.8 Å². The van der Waals surface area contributed by atoms with E-state index in [2.05, 4.69) is 28.4 Å². The van der Waals surface area contributed by atoms with Crippen LogP contribution < -0.4 is 10.1 Å². The third-order valence-corrected chi connectivity index (χ3v) is 4.94. The van der Waals surface area contributed by atoms with Crippen molar-refractivity contribution in [3.05, 3.63) is 41.7 Å². The van der Waals surface area contributed by atoms with Crippen LogP contribution in [0.5, 0.6) is 11.5 Å². The van der Waals surface area contributed by atoms with Crippen LogP contribution in [0.2, 0.25) is 0 Å². The first kappa shape index (κ1) is 20.0. The average molecular weight is 386 g/mol. The van der Waals surface area contributed by atoms with Crippen molar-refractivity contribution in [1.29, 1.82) is 0 Å². The van der Waals surface area contributed by atoms with E-state index in [0.717, 1.165) is 44.0 Å². The molecule has 1 aromatic carbocycles. The van der Waals surface area contributed by atoms with E-state index in [-0.39, 0.29) is 5.75 Å². The number of nitrogens with one attached hydrogen (secondary N) is 1. The molecule has 7 heteroatoms. The summed E-state index contributed by atoms with van der Waals surface area (Å²) in [6.45, 7) is 7.91. The van der Waals surface area contributed by atoms with Gasteiger partial charge in [0.25, 0.3) is 0 Å². The van der Waals surface area contributed by atoms with Crippen molar-refractivity contribution in [1.82, 2.24) is 20.0 Å². The van der Waals surface area contributed by atoms with Gasteiger partial charge in [0.2, 0.25) is 0 Å². The van der Waals surface area contributed by atoms with E-state index in [4.69, 9.17) is 9.73 Å². The number of ether oxygens (including phenoxy) is 1. The van der Waals surface area contributed by atoms with Gasteiger partial charge in [-0.2, -0.15) is 5.10 Å². The zero-order valence-corrected chi connectivity index (χ0v) is 17.1. The molecular weight excluding hydrogens is 354 g/mol. The van der Waals surface area contributed by atoms with Gasteiger partial charge in [-0.15, -0.1) is 0 Å². The second-order valence-electron chi connectivity index (χ2n) is 7.23. The van der Waals surface area contributed by atoms with Gasteiger partial charge < -0.3 is 20.1 Å². The van der Waals surface area contributed by atoms with Gasteiger partial charge in [0.15, 0.2) is 17.5 Å². The monoisotopic (exact) mass is 385 g/mol. The lowest BCUT2D eigenvalue weighted by Crippen LogP contribution is -2.40. The number of benzene rings is 1. The van der Waals surface area contributed by atoms with E-state index in [1.165, 1.54) is 5.56 Å². The van der Waals surface area contributed by atoms with Gasteiger partial charge in [-0.05, 0) is 55.9 Å². The molecule has 7 nitrogen and oxygen atoms in total. The molecule has 0 amide bonds. The predicted molar refractivity (Wildman–Crippen MR) is 111 cm³/mol. The number of aryl methyl sites for hydroxylation is 1. The quantitative estimate of drug-likeness (QED) is 0.566. The van der Waals surface area contributed by atoms with Crippen LogP contribution >= 0.6 is 0 Å². The molecule has 1 saturated heterocycles. The lowest BCUT2D eigenvalue weighted by Gasteiger charge is -2.21. The molecular formula is C21H31N5O2. The number of likely N-dealkylation sites (tertiary alicyclic amines) is 1. The number of hydrogen-bond donors (Lipinski definition) is 2. The second kappa shape index (κ2) is 9.48. The zero-order chi connectivity index (χ0) is 19.9. The first-order chi connectivity index (χ1) is 13.6. The summed E-state index contributed by atoms with van der Waals surface area (Å²) in [4.78, 5) is 7.16. The van der Waals surface area contributed by atoms with E-state index in [1.807, 2.05) is 37.0 Å². The highest BCUT2D eigenvalue weighted by molar-refractivity contribution is 5.80. The Morgan fingerprint density at radius 2 is 2.21 bits per heavy atom. The summed E-state index contributed by atoms with van der Waals surface area (Å²) in [7, 11) is 1.96. The molecule has 1 fully saturated rings. The number of phenols is 1. The molecule has 28 heavy (non-hydrogen) atoms. The Labute approximate surface area is 167 Å². The number of phenolic OH excluding ortho intramolecular Hbond substituents is 1. The summed E-state index contributed by atoms with van der Waals surface area (Å²) in [6.07, 6.45) is 6.28. The molecule has 0 bridgehead atoms. The standard InChI is InChI=1S/C21H31N5O2/c1-4-22-21(23-12-16-6-7-19(27)20(11-16)28-5-2)26-9-8-17(15-26)10-18-13-24-25(3)14-18/h6-7,11,13-14,17,27H,4-5,8-10,12,15H2,1-3H3,(H,22,23). The molecule has 0 radical (unpaired) electrons. The molecule has 0 spiro atoms. The molecule has 1 aliphatic heterocycles. The van der Waals surface area contributed by atoms with Crippen LogP contribution in [-0.4, -0.2) is 52.0 Å². The van der Waals surface area contributed by atoms with E-state index in [9.17, 15) is 5.11 Å². The number of nitrogens with zero attached hydrogens (tertiary/aromatic N) is 4. The van der Waals surface area contributed by atoms with Gasteiger partial charge in [0, 0.05) is 32.9 Å². The third-order valence-electron chi connectivity index (χ3n) is 4.94. The summed E-state index contributed by atoms with van der Waals surface area (Å²) in [5.41, 5.74) is 2.31. The fraction of sp³-hybridized carbons (Fsp3) is 0.524. The highest BCUT2D eigenvalue weighted by atomic mass is 16.5. The van der Waals surface area contributed by atoms with E-state index < -0.39 is 0 Å². The summed E-state index contributed by atoms with van der Waals surface area (Å²) in [5, 5.41) is 17.5. The average Bonchev–Trinajstić information content (AvgIpc) is 3.30. The molecule has 2 N–H and O–H groups in total. The fourth-order valence-electron chi connectivity index (χ4n) is 3.62. The molecule has 152 valence electrons. The SMILES string of the molecule is CCNC(=NCc1ccc(O)c(OCC)c1)N1CCC(Cc2cnn(C)c2)C1. The van der Waals surface area contributed by atoms with Crippen LogP contribution in [0.4, 0.5) is 0 Å². The first-order valence-corrected chi connectivity index (χ1v) is 10.0. The first-order valence-electron chi connectivity index (χ1n) is 10.0. The number of guanidine groups is 1. The van der Waals surface area contributed by atoms with Crippen molar-refractivity contribution in [3.63, 3.8) is 0 Å². The maximum atomic E-state index is 9.86. The summed E-state index contributed by atoms with van der Waals surface area (Å²) < 4.78 is 7.34. The molecule has 2 aromatic rings. The van der Waals surface area contributed by atoms with Gasteiger partial charge in [-0.1, -0.05) is 6.07 Å². The minimum atomic E-state index is 0.166. The maximum Gasteiger partial charge on any atom is 0.194 e. The van der Waals surface area contributed by atoms with Crippen molar-refractivity contribution in [2.24, 2.45) is 18.0 Å². The predicted octanol–water partition coefficient (Wildman–Crippen LogP) is 2.55. The summed E-state index contributed by atoms with van der Waals surface area (Å²) >= 11 is 0. The van der Waals surface area contributed by atoms with Crippen molar-refractivity contribution in [3.8, 4) is 11.5 Å². The summed E-state index contributed by atoms with van der Waals surface area (Å²) in [6, 6.07) is 5.42. The molecule has 0 aliphatic carbocycles.